The van der Waals surface area contributed by atoms with E-state index in [2.05, 4.69) is 53.8 Å². The summed E-state index contributed by atoms with van der Waals surface area (Å²) in [6, 6.07) is 18.9. The molecule has 0 spiro atoms. The van der Waals surface area contributed by atoms with Crippen LogP contribution in [0.5, 0.6) is 5.75 Å². The Kier molecular flexibility index (Phi) is 10.0. The van der Waals surface area contributed by atoms with Crippen molar-refractivity contribution in [3.05, 3.63) is 65.7 Å². The number of nitrogens with one attached hydrogen (secondary N) is 1. The first-order valence-electron chi connectivity index (χ1n) is 9.90. The van der Waals surface area contributed by atoms with E-state index in [0.29, 0.717) is 19.6 Å². The Balaban J connectivity index is 1.50. The van der Waals surface area contributed by atoms with Crippen molar-refractivity contribution in [1.29, 1.82) is 0 Å². The SMILES string of the molecule is CCOC(=O)CCNCCCCCOc1ccc(Cc2ccccc2)cc1. The van der Waals surface area contributed by atoms with E-state index in [0.717, 1.165) is 44.6 Å². The number of carbonyl (C=O) groups is 1. The number of carbonyl (C=O) groups excluding carboxylic acids is 1. The monoisotopic (exact) mass is 369 g/mol. The third kappa shape index (κ3) is 9.25. The molecule has 0 aliphatic rings. The molecule has 0 bridgehead atoms. The summed E-state index contributed by atoms with van der Waals surface area (Å²) in [6.07, 6.45) is 4.62. The summed E-state index contributed by atoms with van der Waals surface area (Å²) in [5.41, 5.74) is 2.62. The molecule has 0 atom stereocenters. The quantitative estimate of drug-likeness (QED) is 0.421. The molecule has 1 N–H and O–H groups in total. The summed E-state index contributed by atoms with van der Waals surface area (Å²) in [4.78, 5) is 11.2. The molecular formula is C23H31NO3. The fourth-order valence-electron chi connectivity index (χ4n) is 2.80. The van der Waals surface area contributed by atoms with Crippen molar-refractivity contribution in [2.24, 2.45) is 0 Å². The van der Waals surface area contributed by atoms with E-state index in [9.17, 15) is 4.79 Å². The van der Waals surface area contributed by atoms with Gasteiger partial charge in [0.25, 0.3) is 0 Å². The van der Waals surface area contributed by atoms with Crippen molar-refractivity contribution < 1.29 is 14.3 Å². The zero-order chi connectivity index (χ0) is 19.2. The van der Waals surface area contributed by atoms with Crippen molar-refractivity contribution in [2.45, 2.75) is 39.0 Å². The Bertz CT molecular complexity index is 640. The van der Waals surface area contributed by atoms with Crippen LogP contribution in [-0.2, 0) is 16.0 Å². The Morgan fingerprint density at radius 2 is 1.63 bits per heavy atom. The molecule has 2 aromatic rings. The summed E-state index contributed by atoms with van der Waals surface area (Å²) in [7, 11) is 0. The van der Waals surface area contributed by atoms with Crippen LogP contribution in [0.1, 0.15) is 43.7 Å². The first kappa shape index (κ1) is 21.0. The Labute approximate surface area is 162 Å². The third-order valence-electron chi connectivity index (χ3n) is 4.25. The topological polar surface area (TPSA) is 47.6 Å². The molecule has 0 saturated heterocycles. The Morgan fingerprint density at radius 1 is 0.889 bits per heavy atom. The molecule has 2 aromatic carbocycles. The molecule has 0 radical (unpaired) electrons. The van der Waals surface area contributed by atoms with Crippen LogP contribution >= 0.6 is 0 Å². The number of rotatable bonds is 13. The van der Waals surface area contributed by atoms with Crippen molar-refractivity contribution >= 4 is 5.97 Å². The molecule has 4 nitrogen and oxygen atoms in total. The molecular weight excluding hydrogens is 338 g/mol. The molecule has 0 aromatic heterocycles. The smallest absolute Gasteiger partial charge is 0.307 e. The average molecular weight is 370 g/mol. The lowest BCUT2D eigenvalue weighted by atomic mass is 10.1. The molecule has 0 aliphatic carbocycles. The van der Waals surface area contributed by atoms with Gasteiger partial charge in [0.1, 0.15) is 5.75 Å². The largest absolute Gasteiger partial charge is 0.494 e. The number of unbranched alkanes of at least 4 members (excludes halogenated alkanes) is 2. The van der Waals surface area contributed by atoms with Gasteiger partial charge >= 0.3 is 5.97 Å². The van der Waals surface area contributed by atoms with E-state index >= 15 is 0 Å². The third-order valence-corrected chi connectivity index (χ3v) is 4.25. The van der Waals surface area contributed by atoms with Crippen molar-refractivity contribution in [3.8, 4) is 5.75 Å². The van der Waals surface area contributed by atoms with Gasteiger partial charge in [0, 0.05) is 6.54 Å². The van der Waals surface area contributed by atoms with Gasteiger partial charge in [0.15, 0.2) is 0 Å². The zero-order valence-corrected chi connectivity index (χ0v) is 16.3. The Hall–Kier alpha value is -2.33. The highest BCUT2D eigenvalue weighted by atomic mass is 16.5. The number of hydrogen-bond donors (Lipinski definition) is 1. The maximum absolute atomic E-state index is 11.2. The van der Waals surface area contributed by atoms with Crippen molar-refractivity contribution in [3.63, 3.8) is 0 Å². The van der Waals surface area contributed by atoms with Gasteiger partial charge < -0.3 is 14.8 Å². The first-order valence-corrected chi connectivity index (χ1v) is 9.90. The Morgan fingerprint density at radius 3 is 2.37 bits per heavy atom. The average Bonchev–Trinajstić information content (AvgIpc) is 2.69. The second-order valence-electron chi connectivity index (χ2n) is 6.52. The van der Waals surface area contributed by atoms with Crippen LogP contribution in [0.25, 0.3) is 0 Å². The van der Waals surface area contributed by atoms with Crippen LogP contribution in [-0.4, -0.2) is 32.3 Å². The summed E-state index contributed by atoms with van der Waals surface area (Å²) in [5.74, 6) is 0.799. The zero-order valence-electron chi connectivity index (χ0n) is 16.3. The van der Waals surface area contributed by atoms with Crippen LogP contribution < -0.4 is 10.1 Å². The fourth-order valence-corrected chi connectivity index (χ4v) is 2.80. The molecule has 0 aliphatic heterocycles. The molecule has 0 amide bonds. The number of ether oxygens (including phenoxy) is 2. The second kappa shape index (κ2) is 12.9. The molecule has 27 heavy (non-hydrogen) atoms. The second-order valence-corrected chi connectivity index (χ2v) is 6.52. The van der Waals surface area contributed by atoms with E-state index in [1.54, 1.807) is 0 Å². The van der Waals surface area contributed by atoms with E-state index in [1.807, 2.05) is 13.0 Å². The van der Waals surface area contributed by atoms with Gasteiger partial charge in [-0.2, -0.15) is 0 Å². The minimum Gasteiger partial charge on any atom is -0.494 e. The number of esters is 1. The lowest BCUT2D eigenvalue weighted by molar-refractivity contribution is -0.142. The van der Waals surface area contributed by atoms with Gasteiger partial charge in [-0.3, -0.25) is 4.79 Å². The minimum atomic E-state index is -0.131. The minimum absolute atomic E-state index is 0.131. The molecule has 0 fully saturated rings. The predicted octanol–water partition coefficient (Wildman–Crippen LogP) is 4.37. The summed E-state index contributed by atoms with van der Waals surface area (Å²) in [5, 5.41) is 3.27. The highest BCUT2D eigenvalue weighted by molar-refractivity contribution is 5.69. The van der Waals surface area contributed by atoms with Gasteiger partial charge in [-0.15, -0.1) is 0 Å². The van der Waals surface area contributed by atoms with Crippen LogP contribution in [0.3, 0.4) is 0 Å². The summed E-state index contributed by atoms with van der Waals surface area (Å²) >= 11 is 0. The fraction of sp³-hybridized carbons (Fsp3) is 0.435. The van der Waals surface area contributed by atoms with Crippen LogP contribution in [0.4, 0.5) is 0 Å². The van der Waals surface area contributed by atoms with Crippen molar-refractivity contribution in [2.75, 3.05) is 26.3 Å². The van der Waals surface area contributed by atoms with E-state index < -0.39 is 0 Å². The number of benzene rings is 2. The molecule has 0 saturated carbocycles. The van der Waals surface area contributed by atoms with Gasteiger partial charge in [-0.25, -0.2) is 0 Å². The summed E-state index contributed by atoms with van der Waals surface area (Å²) in [6.45, 7) is 4.63. The van der Waals surface area contributed by atoms with Gasteiger partial charge in [-0.05, 0) is 62.4 Å². The maximum Gasteiger partial charge on any atom is 0.307 e. The van der Waals surface area contributed by atoms with Gasteiger partial charge in [0.05, 0.1) is 19.6 Å². The normalized spacial score (nSPS) is 10.6. The van der Waals surface area contributed by atoms with E-state index in [-0.39, 0.29) is 5.97 Å². The molecule has 4 heteroatoms. The highest BCUT2D eigenvalue weighted by Crippen LogP contribution is 2.15. The predicted molar refractivity (Wildman–Crippen MR) is 109 cm³/mol. The lowest BCUT2D eigenvalue weighted by Crippen LogP contribution is -2.20. The lowest BCUT2D eigenvalue weighted by Gasteiger charge is -2.08. The van der Waals surface area contributed by atoms with Crippen LogP contribution in [0.15, 0.2) is 54.6 Å². The highest BCUT2D eigenvalue weighted by Gasteiger charge is 2.00. The van der Waals surface area contributed by atoms with E-state index in [1.165, 1.54) is 11.1 Å². The first-order chi connectivity index (χ1) is 13.3. The van der Waals surface area contributed by atoms with E-state index in [4.69, 9.17) is 9.47 Å². The molecule has 0 heterocycles. The van der Waals surface area contributed by atoms with Crippen molar-refractivity contribution in [1.82, 2.24) is 5.32 Å². The van der Waals surface area contributed by atoms with Gasteiger partial charge in [-0.1, -0.05) is 42.5 Å². The maximum atomic E-state index is 11.2. The number of hydrogen-bond acceptors (Lipinski definition) is 4. The van der Waals surface area contributed by atoms with Crippen LogP contribution in [0, 0.1) is 0 Å². The molecule has 146 valence electrons. The molecule has 0 unspecified atom stereocenters. The standard InChI is InChI=1S/C23H31NO3/c1-2-26-23(25)15-17-24-16-7-4-8-18-27-22-13-11-21(12-14-22)19-20-9-5-3-6-10-20/h3,5-6,9-14,24H,2,4,7-8,15-19H2,1H3. The summed E-state index contributed by atoms with van der Waals surface area (Å²) < 4.78 is 10.7. The van der Waals surface area contributed by atoms with Crippen LogP contribution in [0.2, 0.25) is 0 Å². The van der Waals surface area contributed by atoms with Gasteiger partial charge in [0.2, 0.25) is 0 Å². The molecule has 2 rings (SSSR count).